The zero-order valence-corrected chi connectivity index (χ0v) is 24.2. The average Bonchev–Trinajstić information content (AvgIpc) is 3.18. The highest BCUT2D eigenvalue weighted by atomic mass is 32.2. The number of thiocarbonyl (C=S) groups is 1. The molecule has 0 aliphatic carbocycles. The molecule has 1 saturated heterocycles. The summed E-state index contributed by atoms with van der Waals surface area (Å²) in [6.07, 6.45) is 1.80. The van der Waals surface area contributed by atoms with Crippen LogP contribution in [0, 0.1) is 6.92 Å². The molecule has 1 aliphatic rings. The minimum atomic E-state index is -0.330. The van der Waals surface area contributed by atoms with Crippen LogP contribution in [0.15, 0.2) is 52.2 Å². The van der Waals surface area contributed by atoms with Crippen molar-refractivity contribution in [3.05, 3.63) is 80.1 Å². The Balaban J connectivity index is 1.82. The molecule has 4 rings (SSSR count). The summed E-state index contributed by atoms with van der Waals surface area (Å²) in [7, 11) is 1.79. The first-order chi connectivity index (χ1) is 17.1. The van der Waals surface area contributed by atoms with Gasteiger partial charge in [-0.2, -0.15) is 0 Å². The van der Waals surface area contributed by atoms with Crippen LogP contribution < -0.4 is 10.5 Å². The van der Waals surface area contributed by atoms with Crippen molar-refractivity contribution in [3.8, 4) is 11.4 Å². The molecule has 0 saturated carbocycles. The summed E-state index contributed by atoms with van der Waals surface area (Å²) in [4.78, 5) is 29.0. The lowest BCUT2D eigenvalue weighted by atomic mass is 9.78. The number of benzene rings is 2. The fourth-order valence-corrected chi connectivity index (χ4v) is 5.78. The van der Waals surface area contributed by atoms with E-state index in [-0.39, 0.29) is 33.7 Å². The second-order valence-corrected chi connectivity index (χ2v) is 13.1. The Hall–Kier alpha value is -3.10. The fourth-order valence-electron chi connectivity index (χ4n) is 4.51. The van der Waals surface area contributed by atoms with Crippen molar-refractivity contribution in [2.75, 3.05) is 4.90 Å². The Labute approximate surface area is 227 Å². The first-order valence-electron chi connectivity index (χ1n) is 12.1. The quantitative estimate of drug-likeness (QED) is 0.320. The van der Waals surface area contributed by atoms with Crippen molar-refractivity contribution in [3.63, 3.8) is 0 Å². The first kappa shape index (κ1) is 26.9. The summed E-state index contributed by atoms with van der Waals surface area (Å²) in [5.74, 6) is -0.0465. The number of anilines is 1. The Bertz CT molecular complexity index is 1470. The molecule has 6 nitrogen and oxygen atoms in total. The summed E-state index contributed by atoms with van der Waals surface area (Å²) < 4.78 is 3.59. The van der Waals surface area contributed by atoms with Crippen molar-refractivity contribution < 1.29 is 9.90 Å². The third-order valence-electron chi connectivity index (χ3n) is 6.59. The van der Waals surface area contributed by atoms with Crippen LogP contribution in [0.5, 0.6) is 5.75 Å². The third-order valence-corrected chi connectivity index (χ3v) is 7.89. The number of phenolic OH excluding ortho intramolecular Hbond substituents is 1. The zero-order chi connectivity index (χ0) is 27.4. The van der Waals surface area contributed by atoms with Crippen LogP contribution >= 0.6 is 24.0 Å². The topological polar surface area (TPSA) is 67.5 Å². The van der Waals surface area contributed by atoms with E-state index in [0.717, 1.165) is 16.7 Å². The van der Waals surface area contributed by atoms with Crippen molar-refractivity contribution in [2.45, 2.75) is 59.3 Å². The van der Waals surface area contributed by atoms with Gasteiger partial charge in [0, 0.05) is 18.2 Å². The molecule has 194 valence electrons. The van der Waals surface area contributed by atoms with Crippen LogP contribution in [-0.4, -0.2) is 24.7 Å². The number of hydrogen-bond donors (Lipinski definition) is 1. The molecule has 0 spiro atoms. The number of hydrogen-bond acceptors (Lipinski definition) is 5. The molecular weight excluding hydrogens is 502 g/mol. The van der Waals surface area contributed by atoms with Gasteiger partial charge in [0.25, 0.3) is 11.5 Å². The van der Waals surface area contributed by atoms with Gasteiger partial charge in [-0.1, -0.05) is 83.7 Å². The molecule has 1 N–H and O–H groups in total. The van der Waals surface area contributed by atoms with E-state index in [4.69, 9.17) is 12.2 Å². The molecule has 0 radical (unpaired) electrons. The van der Waals surface area contributed by atoms with Gasteiger partial charge < -0.3 is 5.11 Å². The number of rotatable bonds is 3. The highest BCUT2D eigenvalue weighted by Gasteiger charge is 2.38. The van der Waals surface area contributed by atoms with Crippen molar-refractivity contribution in [1.29, 1.82) is 0 Å². The molecule has 2 heterocycles. The van der Waals surface area contributed by atoms with Crippen LogP contribution in [0.25, 0.3) is 11.8 Å². The first-order valence-corrected chi connectivity index (χ1v) is 13.4. The second kappa shape index (κ2) is 9.33. The molecule has 1 amide bonds. The van der Waals surface area contributed by atoms with Crippen molar-refractivity contribution in [2.24, 2.45) is 7.05 Å². The molecule has 0 unspecified atom stereocenters. The van der Waals surface area contributed by atoms with Gasteiger partial charge in [-0.15, -0.1) is 0 Å². The number of nitrogens with zero attached hydrogens (tertiary/aromatic N) is 3. The van der Waals surface area contributed by atoms with Crippen LogP contribution in [0.3, 0.4) is 0 Å². The molecule has 1 aliphatic heterocycles. The van der Waals surface area contributed by atoms with E-state index in [1.54, 1.807) is 17.8 Å². The Morgan fingerprint density at radius 2 is 1.49 bits per heavy atom. The number of amides is 1. The normalized spacial score (nSPS) is 15.8. The SMILES string of the molecule is Cc1c(N2C(=O)/C(=C/c3cc(C(C)(C)C)c(O)c(C(C)(C)C)c3)SC2=S)c(=O)n(-c2ccccc2)n1C. The summed E-state index contributed by atoms with van der Waals surface area (Å²) in [6, 6.07) is 13.2. The number of carbonyl (C=O) groups is 1. The number of carbonyl (C=O) groups excluding carboxylic acids is 1. The summed E-state index contributed by atoms with van der Waals surface area (Å²) in [5, 5.41) is 11.1. The lowest BCUT2D eigenvalue weighted by Crippen LogP contribution is -2.33. The summed E-state index contributed by atoms with van der Waals surface area (Å²) >= 11 is 6.78. The summed E-state index contributed by atoms with van der Waals surface area (Å²) in [6.45, 7) is 14.1. The van der Waals surface area contributed by atoms with E-state index in [9.17, 15) is 14.7 Å². The maximum atomic E-state index is 13.7. The molecule has 37 heavy (non-hydrogen) atoms. The predicted octanol–water partition coefficient (Wildman–Crippen LogP) is 6.19. The van der Waals surface area contributed by atoms with Gasteiger partial charge in [0.2, 0.25) is 0 Å². The predicted molar refractivity (Wildman–Crippen MR) is 157 cm³/mol. The molecule has 1 fully saturated rings. The molecule has 0 atom stereocenters. The standard InChI is InChI=1S/C29H33N3O3S2/c1-17-23(26(35)32(30(17)8)19-12-10-9-11-13-19)31-25(34)22(37-27(31)36)16-18-14-20(28(2,3)4)24(33)21(15-18)29(5,6)7/h9-16,33H,1-8H3/b22-16-. The largest absolute Gasteiger partial charge is 0.507 e. The van der Waals surface area contributed by atoms with Gasteiger partial charge in [-0.3, -0.25) is 19.2 Å². The highest BCUT2D eigenvalue weighted by Crippen LogP contribution is 2.42. The fraction of sp³-hybridized carbons (Fsp3) is 0.345. The Kier molecular flexibility index (Phi) is 6.80. The van der Waals surface area contributed by atoms with Crippen molar-refractivity contribution in [1.82, 2.24) is 9.36 Å². The van der Waals surface area contributed by atoms with Gasteiger partial charge in [0.05, 0.1) is 16.3 Å². The van der Waals surface area contributed by atoms with Crippen LogP contribution in [0.4, 0.5) is 5.69 Å². The average molecular weight is 536 g/mol. The van der Waals surface area contributed by atoms with Gasteiger partial charge in [-0.05, 0) is 53.7 Å². The maximum Gasteiger partial charge on any atom is 0.296 e. The van der Waals surface area contributed by atoms with Crippen LogP contribution in [-0.2, 0) is 22.7 Å². The number of aromatic hydroxyl groups is 1. The smallest absolute Gasteiger partial charge is 0.296 e. The molecule has 1 aromatic heterocycles. The Morgan fingerprint density at radius 1 is 0.946 bits per heavy atom. The van der Waals surface area contributed by atoms with E-state index >= 15 is 0 Å². The molecule has 2 aromatic carbocycles. The minimum Gasteiger partial charge on any atom is -0.507 e. The molecule has 3 aromatic rings. The molecule has 8 heteroatoms. The van der Waals surface area contributed by atoms with E-state index in [0.29, 0.717) is 20.6 Å². The van der Waals surface area contributed by atoms with Crippen LogP contribution in [0.1, 0.15) is 63.9 Å². The monoisotopic (exact) mass is 535 g/mol. The number of thioether (sulfide) groups is 1. The van der Waals surface area contributed by atoms with E-state index in [2.05, 4.69) is 0 Å². The van der Waals surface area contributed by atoms with Crippen LogP contribution in [0.2, 0.25) is 0 Å². The minimum absolute atomic E-state index is 0.258. The van der Waals surface area contributed by atoms with Gasteiger partial charge in [0.15, 0.2) is 4.32 Å². The highest BCUT2D eigenvalue weighted by molar-refractivity contribution is 8.27. The maximum absolute atomic E-state index is 13.7. The lowest BCUT2D eigenvalue weighted by Gasteiger charge is -2.28. The van der Waals surface area contributed by atoms with Gasteiger partial charge >= 0.3 is 0 Å². The number of aromatic nitrogens is 2. The van der Waals surface area contributed by atoms with E-state index < -0.39 is 0 Å². The van der Waals surface area contributed by atoms with Gasteiger partial charge in [0.1, 0.15) is 11.4 Å². The lowest BCUT2D eigenvalue weighted by molar-refractivity contribution is -0.113. The van der Waals surface area contributed by atoms with Crippen molar-refractivity contribution >= 4 is 46.0 Å². The second-order valence-electron chi connectivity index (χ2n) is 11.4. The number of phenols is 1. The Morgan fingerprint density at radius 3 is 2.00 bits per heavy atom. The zero-order valence-electron chi connectivity index (χ0n) is 22.5. The van der Waals surface area contributed by atoms with Gasteiger partial charge in [-0.25, -0.2) is 4.68 Å². The summed E-state index contributed by atoms with van der Waals surface area (Å²) in [5.41, 5.74) is 3.14. The third kappa shape index (κ3) is 4.80. The molecule has 0 bridgehead atoms. The molecular formula is C29H33N3O3S2. The van der Waals surface area contributed by atoms with E-state index in [1.165, 1.54) is 21.3 Å². The number of para-hydroxylation sites is 1. The van der Waals surface area contributed by atoms with E-state index in [1.807, 2.05) is 90.9 Å².